The molecule has 1 N–H and O–H groups in total. The Morgan fingerprint density at radius 2 is 1.90 bits per heavy atom. The molecule has 8 heteroatoms. The highest BCUT2D eigenvalue weighted by atomic mass is 79.9. The van der Waals surface area contributed by atoms with E-state index >= 15 is 0 Å². The number of rotatable bonds is 4. The van der Waals surface area contributed by atoms with Crippen molar-refractivity contribution < 1.29 is 13.5 Å². The van der Waals surface area contributed by atoms with Gasteiger partial charge in [0, 0.05) is 20.8 Å². The van der Waals surface area contributed by atoms with Gasteiger partial charge in [-0.15, -0.1) is 0 Å². The Morgan fingerprint density at radius 3 is 2.71 bits per heavy atom. The van der Waals surface area contributed by atoms with E-state index in [1.165, 1.54) is 12.1 Å². The SMILES string of the molecule is FC(F)Oc1ccc(Cl)cc1[C@H]1C=C(c2cccc(Br)c2)Nc2nc3ccccc3n21. The van der Waals surface area contributed by atoms with Crippen LogP contribution in [0.1, 0.15) is 17.2 Å². The van der Waals surface area contributed by atoms with Crippen LogP contribution in [0.5, 0.6) is 5.75 Å². The molecule has 1 aliphatic heterocycles. The summed E-state index contributed by atoms with van der Waals surface area (Å²) in [5.74, 6) is 0.673. The van der Waals surface area contributed by atoms with Gasteiger partial charge >= 0.3 is 6.61 Å². The Labute approximate surface area is 190 Å². The normalized spacial score (nSPS) is 15.5. The molecule has 0 aliphatic carbocycles. The Morgan fingerprint density at radius 1 is 1.06 bits per heavy atom. The second-order valence-electron chi connectivity index (χ2n) is 7.02. The maximum atomic E-state index is 13.1. The topological polar surface area (TPSA) is 39.1 Å². The maximum absolute atomic E-state index is 13.1. The molecule has 3 aromatic carbocycles. The minimum atomic E-state index is -2.95. The average molecular weight is 503 g/mol. The van der Waals surface area contributed by atoms with Crippen molar-refractivity contribution in [3.63, 3.8) is 0 Å². The van der Waals surface area contributed by atoms with Crippen molar-refractivity contribution in [2.24, 2.45) is 0 Å². The molecule has 0 radical (unpaired) electrons. The first-order chi connectivity index (χ1) is 15.0. The second kappa shape index (κ2) is 7.98. The van der Waals surface area contributed by atoms with Gasteiger partial charge in [0.1, 0.15) is 5.75 Å². The predicted octanol–water partition coefficient (Wildman–Crippen LogP) is 7.11. The molecule has 1 atom stereocenters. The first-order valence-corrected chi connectivity index (χ1v) is 10.6. The van der Waals surface area contributed by atoms with E-state index in [-0.39, 0.29) is 5.75 Å². The molecule has 2 heterocycles. The molecule has 0 saturated heterocycles. The molecule has 31 heavy (non-hydrogen) atoms. The first kappa shape index (κ1) is 20.0. The van der Waals surface area contributed by atoms with Crippen LogP contribution in [0.15, 0.2) is 77.3 Å². The van der Waals surface area contributed by atoms with Gasteiger partial charge in [0.05, 0.1) is 17.1 Å². The van der Waals surface area contributed by atoms with Gasteiger partial charge in [-0.1, -0.05) is 51.8 Å². The summed E-state index contributed by atoms with van der Waals surface area (Å²) < 4.78 is 34.0. The number of para-hydroxylation sites is 2. The minimum absolute atomic E-state index is 0.0693. The van der Waals surface area contributed by atoms with E-state index in [9.17, 15) is 8.78 Å². The van der Waals surface area contributed by atoms with Crippen LogP contribution < -0.4 is 10.1 Å². The number of halogens is 4. The van der Waals surface area contributed by atoms with E-state index in [1.807, 2.05) is 59.2 Å². The van der Waals surface area contributed by atoms with Crippen LogP contribution in [-0.2, 0) is 0 Å². The van der Waals surface area contributed by atoms with Gasteiger partial charge in [0.25, 0.3) is 0 Å². The van der Waals surface area contributed by atoms with Gasteiger partial charge < -0.3 is 10.1 Å². The zero-order valence-corrected chi connectivity index (χ0v) is 18.2. The molecule has 5 rings (SSSR count). The average Bonchev–Trinajstić information content (AvgIpc) is 3.12. The molecule has 0 spiro atoms. The molecular weight excluding hydrogens is 488 g/mol. The van der Waals surface area contributed by atoms with E-state index in [2.05, 4.69) is 21.2 Å². The van der Waals surface area contributed by atoms with E-state index in [1.54, 1.807) is 6.07 Å². The largest absolute Gasteiger partial charge is 0.434 e. The number of anilines is 1. The number of nitrogens with one attached hydrogen (secondary N) is 1. The molecule has 1 aromatic heterocycles. The van der Waals surface area contributed by atoms with Crippen molar-refractivity contribution in [2.75, 3.05) is 5.32 Å². The molecule has 0 bridgehead atoms. The fourth-order valence-corrected chi connectivity index (χ4v) is 4.40. The maximum Gasteiger partial charge on any atom is 0.387 e. The summed E-state index contributed by atoms with van der Waals surface area (Å²) in [6.07, 6.45) is 1.97. The van der Waals surface area contributed by atoms with Gasteiger partial charge in [0.15, 0.2) is 0 Å². The van der Waals surface area contributed by atoms with E-state index in [0.29, 0.717) is 16.5 Å². The third kappa shape index (κ3) is 3.79. The third-order valence-electron chi connectivity index (χ3n) is 5.09. The van der Waals surface area contributed by atoms with Gasteiger partial charge in [-0.25, -0.2) is 4.98 Å². The second-order valence-corrected chi connectivity index (χ2v) is 8.37. The lowest BCUT2D eigenvalue weighted by Crippen LogP contribution is -2.20. The van der Waals surface area contributed by atoms with Gasteiger partial charge in [-0.05, 0) is 54.1 Å². The van der Waals surface area contributed by atoms with Crippen molar-refractivity contribution >= 4 is 50.2 Å². The molecule has 156 valence electrons. The van der Waals surface area contributed by atoms with E-state index in [4.69, 9.17) is 21.3 Å². The lowest BCUT2D eigenvalue weighted by molar-refractivity contribution is -0.0505. The van der Waals surface area contributed by atoms with Crippen molar-refractivity contribution in [3.05, 3.63) is 93.4 Å². The first-order valence-electron chi connectivity index (χ1n) is 9.45. The van der Waals surface area contributed by atoms with Crippen LogP contribution in [0.2, 0.25) is 5.02 Å². The third-order valence-corrected chi connectivity index (χ3v) is 5.82. The van der Waals surface area contributed by atoms with E-state index in [0.717, 1.165) is 26.8 Å². The number of hydrogen-bond donors (Lipinski definition) is 1. The highest BCUT2D eigenvalue weighted by Gasteiger charge is 2.28. The summed E-state index contributed by atoms with van der Waals surface area (Å²) in [7, 11) is 0. The number of nitrogens with zero attached hydrogens (tertiary/aromatic N) is 2. The highest BCUT2D eigenvalue weighted by molar-refractivity contribution is 9.10. The Bertz CT molecular complexity index is 1320. The van der Waals surface area contributed by atoms with Crippen LogP contribution in [0.25, 0.3) is 16.7 Å². The molecule has 1 aliphatic rings. The van der Waals surface area contributed by atoms with Crippen molar-refractivity contribution in [1.82, 2.24) is 9.55 Å². The number of hydrogen-bond acceptors (Lipinski definition) is 3. The molecule has 4 nitrogen and oxygen atoms in total. The summed E-state index contributed by atoms with van der Waals surface area (Å²) in [5, 5.41) is 3.80. The lowest BCUT2D eigenvalue weighted by atomic mass is 10.00. The zero-order chi connectivity index (χ0) is 21.5. The van der Waals surface area contributed by atoms with Crippen LogP contribution >= 0.6 is 27.5 Å². The van der Waals surface area contributed by atoms with Crippen LogP contribution in [-0.4, -0.2) is 16.2 Å². The Balaban J connectivity index is 1.75. The summed E-state index contributed by atoms with van der Waals surface area (Å²) in [4.78, 5) is 4.72. The van der Waals surface area contributed by atoms with Gasteiger partial charge in [-0.3, -0.25) is 4.57 Å². The van der Waals surface area contributed by atoms with Crippen LogP contribution in [0.3, 0.4) is 0 Å². The number of aromatic nitrogens is 2. The molecule has 0 saturated carbocycles. The number of allylic oxidation sites excluding steroid dienone is 1. The quantitative estimate of drug-likeness (QED) is 0.323. The summed E-state index contributed by atoms with van der Waals surface area (Å²) >= 11 is 9.76. The molecule has 0 unspecified atom stereocenters. The monoisotopic (exact) mass is 501 g/mol. The fraction of sp³-hybridized carbons (Fsp3) is 0.0870. The number of imidazole rings is 1. The summed E-state index contributed by atoms with van der Waals surface area (Å²) in [6, 6.07) is 19.7. The number of ether oxygens (including phenoxy) is 1. The fourth-order valence-electron chi connectivity index (χ4n) is 3.82. The lowest BCUT2D eigenvalue weighted by Gasteiger charge is -2.28. The molecule has 4 aromatic rings. The number of fused-ring (bicyclic) bond motifs is 3. The van der Waals surface area contributed by atoms with Crippen LogP contribution in [0.4, 0.5) is 14.7 Å². The summed E-state index contributed by atoms with van der Waals surface area (Å²) in [6.45, 7) is -2.95. The Hall–Kier alpha value is -2.90. The van der Waals surface area contributed by atoms with Crippen molar-refractivity contribution in [3.8, 4) is 5.75 Å². The molecule has 0 amide bonds. The standard InChI is InChI=1S/C23H15BrClF2N3O/c24-14-5-3-4-13(10-14)18-12-20(16-11-15(25)8-9-21(16)31-22(26)27)30-19-7-2-1-6-17(19)28-23(30)29-18/h1-12,20,22H,(H,28,29)/t20-/m1/s1. The smallest absolute Gasteiger partial charge is 0.387 e. The predicted molar refractivity (Wildman–Crippen MR) is 122 cm³/mol. The highest BCUT2D eigenvalue weighted by Crippen LogP contribution is 2.41. The van der Waals surface area contributed by atoms with Crippen molar-refractivity contribution in [1.29, 1.82) is 0 Å². The van der Waals surface area contributed by atoms with Crippen molar-refractivity contribution in [2.45, 2.75) is 12.7 Å². The van der Waals surface area contributed by atoms with Gasteiger partial charge in [-0.2, -0.15) is 8.78 Å². The molecule has 0 fully saturated rings. The Kier molecular flexibility index (Phi) is 5.16. The summed E-state index contributed by atoms with van der Waals surface area (Å²) in [5.41, 5.74) is 3.90. The van der Waals surface area contributed by atoms with Gasteiger partial charge in [0.2, 0.25) is 5.95 Å². The molecular formula is C23H15BrClF2N3O. The van der Waals surface area contributed by atoms with E-state index < -0.39 is 12.7 Å². The number of alkyl halides is 2. The zero-order valence-electron chi connectivity index (χ0n) is 15.9. The minimum Gasteiger partial charge on any atom is -0.434 e. The van der Waals surface area contributed by atoms with Crippen LogP contribution in [0, 0.1) is 0 Å². The number of benzene rings is 3.